The van der Waals surface area contributed by atoms with Crippen LogP contribution in [0.1, 0.15) is 19.3 Å². The Hall–Kier alpha value is -6.27. The van der Waals surface area contributed by atoms with Gasteiger partial charge in [-0.15, -0.1) is 0 Å². The van der Waals surface area contributed by atoms with E-state index >= 15 is 0 Å². The fraction of sp³-hybridized carbons (Fsp3) is 0.133. The normalized spacial score (nSPS) is 16.8. The molecule has 6 heteroatoms. The maximum absolute atomic E-state index is 14.9. The summed E-state index contributed by atoms with van der Waals surface area (Å²) < 4.78 is 0. The van der Waals surface area contributed by atoms with Crippen molar-refractivity contribution in [1.29, 1.82) is 0 Å². The van der Waals surface area contributed by atoms with Crippen LogP contribution in [0.5, 0.6) is 0 Å². The molecule has 0 aromatic heterocycles. The van der Waals surface area contributed by atoms with E-state index in [1.165, 1.54) is 0 Å². The number of hydrogen-bond donors (Lipinski definition) is 0. The predicted octanol–water partition coefficient (Wildman–Crippen LogP) is 10.1. The molecule has 1 saturated carbocycles. The number of carbonyl (C=O) groups is 3. The standard InChI is InChI=1S/C45H39N3O3/c49-43(46(37-19-7-1-8-20-37)38-21-9-2-10-22-38)34-31-35(44(50)47(39-23-11-3-12-24-39)40-25-13-4-14-26-40)33-36(32-34)45(51)48(41-27-15-5-16-28-41)42-29-17-6-18-30-42/h1-30,34-36H,31-33H2. The monoisotopic (exact) mass is 669 g/mol. The number of carbonyl (C=O) groups excluding carboxylic acids is 3. The zero-order valence-electron chi connectivity index (χ0n) is 28.2. The van der Waals surface area contributed by atoms with Crippen LogP contribution in [0.15, 0.2) is 182 Å². The van der Waals surface area contributed by atoms with Crippen LogP contribution >= 0.6 is 0 Å². The van der Waals surface area contributed by atoms with Gasteiger partial charge in [-0.1, -0.05) is 109 Å². The van der Waals surface area contributed by atoms with E-state index in [9.17, 15) is 14.4 Å². The Kier molecular flexibility index (Phi) is 10.1. The minimum atomic E-state index is -0.608. The molecular weight excluding hydrogens is 631 g/mol. The van der Waals surface area contributed by atoms with Crippen molar-refractivity contribution >= 4 is 51.8 Å². The highest BCUT2D eigenvalue weighted by atomic mass is 16.2. The largest absolute Gasteiger partial charge is 0.281 e. The van der Waals surface area contributed by atoms with Crippen LogP contribution in [-0.2, 0) is 14.4 Å². The maximum Gasteiger partial charge on any atom is 0.234 e. The highest BCUT2D eigenvalue weighted by Gasteiger charge is 2.44. The van der Waals surface area contributed by atoms with E-state index in [0.717, 1.165) is 34.1 Å². The Morgan fingerprint density at radius 3 is 0.608 bits per heavy atom. The van der Waals surface area contributed by atoms with E-state index in [1.807, 2.05) is 182 Å². The molecule has 6 nitrogen and oxygen atoms in total. The maximum atomic E-state index is 14.9. The quantitative estimate of drug-likeness (QED) is 0.154. The molecule has 252 valence electrons. The van der Waals surface area contributed by atoms with Crippen molar-refractivity contribution in [2.24, 2.45) is 17.8 Å². The first-order chi connectivity index (χ1) is 25.1. The molecule has 51 heavy (non-hydrogen) atoms. The van der Waals surface area contributed by atoms with Gasteiger partial charge < -0.3 is 0 Å². The molecule has 0 spiro atoms. The molecule has 0 N–H and O–H groups in total. The summed E-state index contributed by atoms with van der Waals surface area (Å²) in [5, 5.41) is 0. The molecule has 6 aromatic rings. The summed E-state index contributed by atoms with van der Waals surface area (Å²) in [6.45, 7) is 0. The Morgan fingerprint density at radius 2 is 0.451 bits per heavy atom. The van der Waals surface area contributed by atoms with Crippen LogP contribution in [0.4, 0.5) is 34.1 Å². The number of amides is 3. The second-order valence-electron chi connectivity index (χ2n) is 12.8. The average Bonchev–Trinajstić information content (AvgIpc) is 3.20. The number of anilines is 6. The van der Waals surface area contributed by atoms with Crippen molar-refractivity contribution in [1.82, 2.24) is 0 Å². The van der Waals surface area contributed by atoms with Crippen molar-refractivity contribution in [2.45, 2.75) is 19.3 Å². The van der Waals surface area contributed by atoms with E-state index < -0.39 is 17.8 Å². The van der Waals surface area contributed by atoms with Gasteiger partial charge in [-0.25, -0.2) is 0 Å². The fourth-order valence-electron chi connectivity index (χ4n) is 7.14. The molecule has 0 radical (unpaired) electrons. The highest BCUT2D eigenvalue weighted by Crippen LogP contribution is 2.42. The summed E-state index contributed by atoms with van der Waals surface area (Å²) in [7, 11) is 0. The van der Waals surface area contributed by atoms with Crippen LogP contribution in [0, 0.1) is 17.8 Å². The molecule has 0 saturated heterocycles. The lowest BCUT2D eigenvalue weighted by molar-refractivity contribution is -0.131. The molecule has 7 rings (SSSR count). The summed E-state index contributed by atoms with van der Waals surface area (Å²) >= 11 is 0. The molecular formula is C45H39N3O3. The molecule has 3 amide bonds. The summed E-state index contributed by atoms with van der Waals surface area (Å²) in [5.41, 5.74) is 4.39. The topological polar surface area (TPSA) is 60.9 Å². The molecule has 0 atom stereocenters. The zero-order valence-corrected chi connectivity index (χ0v) is 28.2. The van der Waals surface area contributed by atoms with Crippen LogP contribution < -0.4 is 14.7 Å². The molecule has 0 heterocycles. The second-order valence-corrected chi connectivity index (χ2v) is 12.8. The average molecular weight is 670 g/mol. The summed E-state index contributed by atoms with van der Waals surface area (Å²) in [5.74, 6) is -2.24. The van der Waals surface area contributed by atoms with Gasteiger partial charge in [-0.3, -0.25) is 29.1 Å². The van der Waals surface area contributed by atoms with E-state index in [-0.39, 0.29) is 17.7 Å². The van der Waals surface area contributed by atoms with Crippen molar-refractivity contribution in [2.75, 3.05) is 14.7 Å². The third-order valence-electron chi connectivity index (χ3n) is 9.50. The molecule has 0 unspecified atom stereocenters. The number of para-hydroxylation sites is 6. The first kappa shape index (κ1) is 33.2. The Bertz CT molecular complexity index is 1680. The van der Waals surface area contributed by atoms with E-state index in [1.54, 1.807) is 14.7 Å². The smallest absolute Gasteiger partial charge is 0.234 e. The van der Waals surface area contributed by atoms with Crippen LogP contribution in [0.3, 0.4) is 0 Å². The van der Waals surface area contributed by atoms with Gasteiger partial charge in [0.25, 0.3) is 0 Å². The van der Waals surface area contributed by atoms with Crippen molar-refractivity contribution in [3.63, 3.8) is 0 Å². The number of nitrogens with zero attached hydrogens (tertiary/aromatic N) is 3. The van der Waals surface area contributed by atoms with Crippen LogP contribution in [-0.4, -0.2) is 17.7 Å². The van der Waals surface area contributed by atoms with Crippen LogP contribution in [0.25, 0.3) is 0 Å². The van der Waals surface area contributed by atoms with Crippen molar-refractivity contribution in [3.8, 4) is 0 Å². The molecule has 0 aliphatic heterocycles. The van der Waals surface area contributed by atoms with Gasteiger partial charge in [0.05, 0.1) is 0 Å². The summed E-state index contributed by atoms with van der Waals surface area (Å²) in [4.78, 5) is 50.0. The fourth-order valence-corrected chi connectivity index (χ4v) is 7.14. The highest BCUT2D eigenvalue weighted by molar-refractivity contribution is 6.06. The Balaban J connectivity index is 1.31. The second kappa shape index (κ2) is 15.5. The minimum absolute atomic E-state index is 0.139. The van der Waals surface area contributed by atoms with Gasteiger partial charge in [-0.2, -0.15) is 0 Å². The summed E-state index contributed by atoms with van der Waals surface area (Å²) in [6.07, 6.45) is 0.930. The van der Waals surface area contributed by atoms with Crippen molar-refractivity contribution in [3.05, 3.63) is 182 Å². The van der Waals surface area contributed by atoms with E-state index in [2.05, 4.69) is 0 Å². The Morgan fingerprint density at radius 1 is 0.294 bits per heavy atom. The molecule has 1 aliphatic rings. The Labute approximate surface area is 299 Å². The lowest BCUT2D eigenvalue weighted by Crippen LogP contribution is -2.45. The zero-order chi connectivity index (χ0) is 35.0. The van der Waals surface area contributed by atoms with Gasteiger partial charge in [0.2, 0.25) is 17.7 Å². The van der Waals surface area contributed by atoms with Gasteiger partial charge in [0, 0.05) is 51.9 Å². The van der Waals surface area contributed by atoms with Gasteiger partial charge >= 0.3 is 0 Å². The lowest BCUT2D eigenvalue weighted by atomic mass is 9.73. The van der Waals surface area contributed by atoms with Gasteiger partial charge in [0.15, 0.2) is 0 Å². The minimum Gasteiger partial charge on any atom is -0.281 e. The predicted molar refractivity (Wildman–Crippen MR) is 204 cm³/mol. The van der Waals surface area contributed by atoms with Gasteiger partial charge in [-0.05, 0) is 92.1 Å². The first-order valence-electron chi connectivity index (χ1n) is 17.4. The molecule has 6 aromatic carbocycles. The van der Waals surface area contributed by atoms with Crippen molar-refractivity contribution < 1.29 is 14.4 Å². The number of rotatable bonds is 9. The lowest BCUT2D eigenvalue weighted by Gasteiger charge is -2.39. The third kappa shape index (κ3) is 7.36. The first-order valence-corrected chi connectivity index (χ1v) is 17.4. The van der Waals surface area contributed by atoms with E-state index in [0.29, 0.717) is 19.3 Å². The van der Waals surface area contributed by atoms with Crippen LogP contribution in [0.2, 0.25) is 0 Å². The molecule has 1 aliphatic carbocycles. The van der Waals surface area contributed by atoms with Gasteiger partial charge in [0.1, 0.15) is 0 Å². The number of hydrogen-bond acceptors (Lipinski definition) is 3. The SMILES string of the molecule is O=C(C1CC(C(=O)N(c2ccccc2)c2ccccc2)CC(C(=O)N(c2ccccc2)c2ccccc2)C1)N(c1ccccc1)c1ccccc1. The van der Waals surface area contributed by atoms with E-state index in [4.69, 9.17) is 0 Å². The molecule has 1 fully saturated rings. The third-order valence-corrected chi connectivity index (χ3v) is 9.50. The number of benzene rings is 6. The summed E-state index contributed by atoms with van der Waals surface area (Å²) in [6, 6.07) is 57.4. The molecule has 0 bridgehead atoms.